The zero-order valence-electron chi connectivity index (χ0n) is 10.6. The molecule has 18 heavy (non-hydrogen) atoms. The van der Waals surface area contributed by atoms with Gasteiger partial charge in [-0.25, -0.2) is 0 Å². The maximum atomic E-state index is 10.7. The summed E-state index contributed by atoms with van der Waals surface area (Å²) in [4.78, 5) is 0. The fourth-order valence-corrected chi connectivity index (χ4v) is 4.20. The molecule has 3 aliphatic rings. The highest BCUT2D eigenvalue weighted by Gasteiger charge is 2.54. The molecule has 0 radical (unpaired) electrons. The number of benzene rings is 1. The largest absolute Gasteiger partial charge is 0.493 e. The van der Waals surface area contributed by atoms with Crippen LogP contribution in [0, 0.1) is 17.8 Å². The second kappa shape index (κ2) is 3.99. The SMILES string of the molecule is OC(c1cccc2c1OCC2)C1C2CCCCC21. The van der Waals surface area contributed by atoms with E-state index in [9.17, 15) is 5.11 Å². The van der Waals surface area contributed by atoms with E-state index in [0.717, 1.165) is 36.2 Å². The summed E-state index contributed by atoms with van der Waals surface area (Å²) in [6.45, 7) is 0.774. The number of hydrogen-bond acceptors (Lipinski definition) is 2. The molecule has 0 saturated heterocycles. The average Bonchev–Trinajstić information content (AvgIpc) is 2.93. The predicted octanol–water partition coefficient (Wildman–Crippen LogP) is 3.09. The topological polar surface area (TPSA) is 29.5 Å². The lowest BCUT2D eigenvalue weighted by Gasteiger charge is -2.14. The van der Waals surface area contributed by atoms with Crippen molar-refractivity contribution in [2.24, 2.45) is 17.8 Å². The van der Waals surface area contributed by atoms with Crippen LogP contribution >= 0.6 is 0 Å². The van der Waals surface area contributed by atoms with E-state index in [0.29, 0.717) is 5.92 Å². The first-order valence-electron chi connectivity index (χ1n) is 7.29. The van der Waals surface area contributed by atoms with Crippen LogP contribution in [-0.2, 0) is 6.42 Å². The van der Waals surface area contributed by atoms with Crippen LogP contribution in [0.3, 0.4) is 0 Å². The van der Waals surface area contributed by atoms with Gasteiger partial charge in [0.1, 0.15) is 5.75 Å². The summed E-state index contributed by atoms with van der Waals surface area (Å²) in [6, 6.07) is 6.25. The van der Waals surface area contributed by atoms with Gasteiger partial charge in [0.05, 0.1) is 12.7 Å². The Balaban J connectivity index is 1.62. The second-order valence-electron chi connectivity index (χ2n) is 6.07. The Morgan fingerprint density at radius 3 is 2.72 bits per heavy atom. The molecule has 1 N–H and O–H groups in total. The standard InChI is InChI=1S/C16H20O2/c17-15(14-11-5-1-2-6-12(11)14)13-7-3-4-10-8-9-18-16(10)13/h3-4,7,11-12,14-15,17H,1-2,5-6,8-9H2. The number of aliphatic hydroxyl groups is 1. The molecule has 2 saturated carbocycles. The van der Waals surface area contributed by atoms with Crippen LogP contribution in [0.15, 0.2) is 18.2 Å². The molecule has 4 rings (SSSR count). The minimum Gasteiger partial charge on any atom is -0.493 e. The van der Waals surface area contributed by atoms with Crippen LogP contribution in [0.25, 0.3) is 0 Å². The highest BCUT2D eigenvalue weighted by molar-refractivity contribution is 5.45. The summed E-state index contributed by atoms with van der Waals surface area (Å²) in [6.07, 6.45) is 6.05. The molecule has 1 aliphatic heterocycles. The lowest BCUT2D eigenvalue weighted by molar-refractivity contribution is 0.138. The van der Waals surface area contributed by atoms with E-state index in [1.807, 2.05) is 0 Å². The molecule has 0 aromatic heterocycles. The fraction of sp³-hybridized carbons (Fsp3) is 0.625. The molecule has 96 valence electrons. The van der Waals surface area contributed by atoms with E-state index in [1.165, 1.54) is 31.2 Å². The Labute approximate surface area is 108 Å². The van der Waals surface area contributed by atoms with Crippen LogP contribution in [0.2, 0.25) is 0 Å². The summed E-state index contributed by atoms with van der Waals surface area (Å²) in [5, 5.41) is 10.7. The minimum absolute atomic E-state index is 0.300. The van der Waals surface area contributed by atoms with Crippen molar-refractivity contribution >= 4 is 0 Å². The average molecular weight is 244 g/mol. The van der Waals surface area contributed by atoms with Gasteiger partial charge < -0.3 is 9.84 Å². The molecule has 0 spiro atoms. The summed E-state index contributed by atoms with van der Waals surface area (Å²) in [5.74, 6) is 3.05. The first-order valence-corrected chi connectivity index (χ1v) is 7.29. The van der Waals surface area contributed by atoms with E-state index >= 15 is 0 Å². The van der Waals surface area contributed by atoms with E-state index in [1.54, 1.807) is 0 Å². The van der Waals surface area contributed by atoms with Crippen LogP contribution in [-0.4, -0.2) is 11.7 Å². The van der Waals surface area contributed by atoms with Crippen molar-refractivity contribution in [1.29, 1.82) is 0 Å². The Bertz CT molecular complexity index is 456. The van der Waals surface area contributed by atoms with Crippen LogP contribution < -0.4 is 4.74 Å². The van der Waals surface area contributed by atoms with E-state index in [2.05, 4.69) is 18.2 Å². The zero-order chi connectivity index (χ0) is 12.1. The lowest BCUT2D eigenvalue weighted by atomic mass is 9.99. The molecule has 0 bridgehead atoms. The van der Waals surface area contributed by atoms with Crippen molar-refractivity contribution in [3.05, 3.63) is 29.3 Å². The van der Waals surface area contributed by atoms with Crippen molar-refractivity contribution < 1.29 is 9.84 Å². The Morgan fingerprint density at radius 1 is 1.17 bits per heavy atom. The number of rotatable bonds is 2. The first kappa shape index (κ1) is 10.9. The molecule has 3 unspecified atom stereocenters. The van der Waals surface area contributed by atoms with Gasteiger partial charge in [-0.1, -0.05) is 31.0 Å². The molecule has 2 nitrogen and oxygen atoms in total. The van der Waals surface area contributed by atoms with Crippen LogP contribution in [0.5, 0.6) is 5.75 Å². The monoisotopic (exact) mass is 244 g/mol. The number of aliphatic hydroxyl groups excluding tert-OH is 1. The fourth-order valence-electron chi connectivity index (χ4n) is 4.20. The second-order valence-corrected chi connectivity index (χ2v) is 6.07. The number of para-hydroxylation sites is 1. The van der Waals surface area contributed by atoms with Gasteiger partial charge in [0.25, 0.3) is 0 Å². The highest BCUT2D eigenvalue weighted by atomic mass is 16.5. The quantitative estimate of drug-likeness (QED) is 0.866. The van der Waals surface area contributed by atoms with Gasteiger partial charge in [-0.05, 0) is 36.2 Å². The van der Waals surface area contributed by atoms with Gasteiger partial charge in [0, 0.05) is 12.0 Å². The Hall–Kier alpha value is -1.02. The molecule has 3 atom stereocenters. The Morgan fingerprint density at radius 2 is 1.94 bits per heavy atom. The van der Waals surface area contributed by atoms with Crippen molar-refractivity contribution in [1.82, 2.24) is 0 Å². The summed E-state index contributed by atoms with van der Waals surface area (Å²) in [7, 11) is 0. The zero-order valence-corrected chi connectivity index (χ0v) is 10.6. The smallest absolute Gasteiger partial charge is 0.128 e. The molecular formula is C16H20O2. The van der Waals surface area contributed by atoms with E-state index in [-0.39, 0.29) is 6.10 Å². The third-order valence-electron chi connectivity index (χ3n) is 5.15. The van der Waals surface area contributed by atoms with Crippen molar-refractivity contribution in [3.8, 4) is 5.75 Å². The number of hydrogen-bond donors (Lipinski definition) is 1. The minimum atomic E-state index is -0.300. The van der Waals surface area contributed by atoms with Crippen LogP contribution in [0.1, 0.15) is 42.9 Å². The maximum Gasteiger partial charge on any atom is 0.128 e. The van der Waals surface area contributed by atoms with Crippen molar-refractivity contribution in [2.75, 3.05) is 6.61 Å². The maximum absolute atomic E-state index is 10.7. The number of ether oxygens (including phenoxy) is 1. The summed E-state index contributed by atoms with van der Waals surface area (Å²) >= 11 is 0. The van der Waals surface area contributed by atoms with Crippen molar-refractivity contribution in [2.45, 2.75) is 38.2 Å². The predicted molar refractivity (Wildman–Crippen MR) is 69.5 cm³/mol. The van der Waals surface area contributed by atoms with Gasteiger partial charge in [-0.15, -0.1) is 0 Å². The third-order valence-corrected chi connectivity index (χ3v) is 5.15. The lowest BCUT2D eigenvalue weighted by Crippen LogP contribution is -2.04. The normalized spacial score (nSPS) is 34.4. The molecule has 1 aromatic carbocycles. The molecule has 2 fully saturated rings. The molecular weight excluding hydrogens is 224 g/mol. The summed E-state index contributed by atoms with van der Waals surface area (Å²) in [5.41, 5.74) is 2.32. The highest BCUT2D eigenvalue weighted by Crippen LogP contribution is 2.61. The van der Waals surface area contributed by atoms with E-state index < -0.39 is 0 Å². The molecule has 2 aliphatic carbocycles. The van der Waals surface area contributed by atoms with Gasteiger partial charge in [0.2, 0.25) is 0 Å². The van der Waals surface area contributed by atoms with Gasteiger partial charge in [-0.3, -0.25) is 0 Å². The van der Waals surface area contributed by atoms with Crippen molar-refractivity contribution in [3.63, 3.8) is 0 Å². The molecule has 1 heterocycles. The summed E-state index contributed by atoms with van der Waals surface area (Å²) < 4.78 is 5.72. The van der Waals surface area contributed by atoms with E-state index in [4.69, 9.17) is 4.74 Å². The van der Waals surface area contributed by atoms with Gasteiger partial charge in [0.15, 0.2) is 0 Å². The molecule has 1 aromatic rings. The third kappa shape index (κ3) is 1.51. The number of fused-ring (bicyclic) bond motifs is 2. The molecule has 2 heteroatoms. The first-order chi connectivity index (χ1) is 8.86. The van der Waals surface area contributed by atoms with Gasteiger partial charge in [-0.2, -0.15) is 0 Å². The Kier molecular flexibility index (Phi) is 2.41. The van der Waals surface area contributed by atoms with Crippen LogP contribution in [0.4, 0.5) is 0 Å². The molecule has 0 amide bonds. The van der Waals surface area contributed by atoms with Gasteiger partial charge >= 0.3 is 0 Å².